The Hall–Kier alpha value is 0.740. The van der Waals surface area contributed by atoms with E-state index >= 15 is 0 Å². The minimum Gasteiger partial charge on any atom is -0.648 e. The van der Waals surface area contributed by atoms with E-state index in [-0.39, 0.29) is 147 Å². The van der Waals surface area contributed by atoms with Crippen molar-refractivity contribution in [3.05, 3.63) is 57.8 Å². The fraction of sp³-hybridized carbons (Fsp3) is 0.500. The Morgan fingerprint density at radius 1 is 1.06 bits per heavy atom. The van der Waals surface area contributed by atoms with Gasteiger partial charge in [-0.15, -0.1) is 6.54 Å². The molecule has 2 N–H and O–H groups in total. The van der Waals surface area contributed by atoms with Crippen LogP contribution in [0, 0.1) is 0 Å². The van der Waals surface area contributed by atoms with Gasteiger partial charge in [0.25, 0.3) is 0 Å². The van der Waals surface area contributed by atoms with E-state index in [4.69, 9.17) is 4.74 Å². The summed E-state index contributed by atoms with van der Waals surface area (Å²) in [5.74, 6) is -0.305. The van der Waals surface area contributed by atoms with Crippen LogP contribution < -0.4 is 127 Å². The first-order chi connectivity index (χ1) is 14.4. The number of rotatable bonds is 14. The van der Waals surface area contributed by atoms with Crippen LogP contribution in [0.15, 0.2) is 36.0 Å². The topological polar surface area (TPSA) is 113 Å². The van der Waals surface area contributed by atoms with Gasteiger partial charge in [-0.25, -0.2) is 0 Å². The van der Waals surface area contributed by atoms with Gasteiger partial charge in [-0.3, -0.25) is 9.59 Å². The van der Waals surface area contributed by atoms with Gasteiger partial charge in [0.2, 0.25) is 0 Å². The Balaban J connectivity index is 0. The number of carbonyl (C=O) groups excluding carboxylic acids is 3. The number of amides is 3. The molecular weight excluding hydrogens is 555 g/mol. The zero-order valence-corrected chi connectivity index (χ0v) is 29.9. The van der Waals surface area contributed by atoms with Crippen molar-refractivity contribution in [2.24, 2.45) is 0 Å². The Morgan fingerprint density at radius 2 is 1.72 bits per heavy atom. The number of benzene rings is 1. The molecule has 1 aromatic carbocycles. The number of urea groups is 1. The van der Waals surface area contributed by atoms with E-state index in [0.717, 1.165) is 23.2 Å². The normalized spacial score (nSPS) is 10.3. The van der Waals surface area contributed by atoms with Gasteiger partial charge in [0.1, 0.15) is 0 Å². The summed E-state index contributed by atoms with van der Waals surface area (Å²) in [6, 6.07) is 7.14. The van der Waals surface area contributed by atoms with Gasteiger partial charge >= 0.3 is 116 Å². The molecule has 0 unspecified atom stereocenters. The molecule has 0 saturated carbocycles. The third kappa shape index (κ3) is 18.1. The van der Waals surface area contributed by atoms with E-state index < -0.39 is 0 Å². The zero-order chi connectivity index (χ0) is 22.2. The molecule has 0 fully saturated rings. The van der Waals surface area contributed by atoms with Crippen molar-refractivity contribution >= 4 is 17.7 Å². The van der Waals surface area contributed by atoms with Crippen molar-refractivity contribution in [1.82, 2.24) is 10.6 Å². The number of ketones is 1. The van der Waals surface area contributed by atoms with Crippen LogP contribution in [0.4, 0.5) is 4.79 Å². The Bertz CT molecular complexity index is 712. The third-order valence-electron chi connectivity index (χ3n) is 4.07. The van der Waals surface area contributed by atoms with Crippen LogP contribution in [0.3, 0.4) is 0 Å². The Labute approximate surface area is 289 Å². The van der Waals surface area contributed by atoms with Crippen LogP contribution in [0.2, 0.25) is 0 Å². The molecule has 0 heterocycles. The molecule has 0 saturated heterocycles. The molecule has 10 heteroatoms. The first-order valence-electron chi connectivity index (χ1n) is 10.1. The second-order valence-electron chi connectivity index (χ2n) is 6.77. The fourth-order valence-electron chi connectivity index (χ4n) is 2.35. The summed E-state index contributed by atoms with van der Waals surface area (Å²) >= 11 is 0. The van der Waals surface area contributed by atoms with Gasteiger partial charge in [-0.2, -0.15) is 0 Å². The van der Waals surface area contributed by atoms with E-state index in [0.29, 0.717) is 32.5 Å². The van der Waals surface area contributed by atoms with Gasteiger partial charge in [0, 0.05) is 31.8 Å². The zero-order valence-electron chi connectivity index (χ0n) is 20.1. The van der Waals surface area contributed by atoms with Crippen LogP contribution in [0.1, 0.15) is 37.8 Å². The van der Waals surface area contributed by atoms with Crippen LogP contribution in [0.5, 0.6) is 0 Å². The monoisotopic (exact) mass is 586 g/mol. The minimum atomic E-state index is -0.334. The first-order valence-corrected chi connectivity index (χ1v) is 10.1. The third-order valence-corrected chi connectivity index (χ3v) is 4.07. The summed E-state index contributed by atoms with van der Waals surface area (Å²) in [7, 11) is 1.77. The maximum absolute atomic E-state index is 11.9. The van der Waals surface area contributed by atoms with Crippen LogP contribution in [0.25, 0.3) is 10.6 Å². The molecular formula is C22H32N4O4Rb2. The molecule has 0 aliphatic carbocycles. The SMILES string of the molecule is CCCNC(=O)[N-]CCCOCC(=O)[N-]Cc1ccc(CC(=O)/C=C(/C)NC)cc1.[Rb+].[Rb+]. The van der Waals surface area contributed by atoms with Gasteiger partial charge in [-0.05, 0) is 25.5 Å². The number of nitrogens with one attached hydrogen (secondary N) is 2. The van der Waals surface area contributed by atoms with Gasteiger partial charge in [0.15, 0.2) is 11.8 Å². The van der Waals surface area contributed by atoms with Crippen molar-refractivity contribution in [2.75, 3.05) is 33.4 Å². The summed E-state index contributed by atoms with van der Waals surface area (Å²) in [4.78, 5) is 35.0. The van der Waals surface area contributed by atoms with Crippen LogP contribution in [-0.2, 0) is 27.3 Å². The molecule has 1 aromatic rings. The molecule has 1 rings (SSSR count). The maximum atomic E-state index is 11.9. The van der Waals surface area contributed by atoms with Gasteiger partial charge < -0.3 is 30.8 Å². The van der Waals surface area contributed by atoms with Gasteiger partial charge in [0.05, 0.1) is 12.5 Å². The number of ether oxygens (including phenoxy) is 1. The molecule has 0 atom stereocenters. The second-order valence-corrected chi connectivity index (χ2v) is 6.77. The maximum Gasteiger partial charge on any atom is 1.00 e. The first kappa shape index (κ1) is 34.9. The summed E-state index contributed by atoms with van der Waals surface area (Å²) in [5.41, 5.74) is 2.62. The average molecular weight is 587 g/mol. The molecule has 3 amide bonds. The Kier molecular flexibility index (Phi) is 24.2. The molecule has 0 aliphatic heterocycles. The summed E-state index contributed by atoms with van der Waals surface area (Å²) < 4.78 is 5.27. The number of hydrogen-bond donors (Lipinski definition) is 2. The Morgan fingerprint density at radius 3 is 2.34 bits per heavy atom. The number of hydrogen-bond acceptors (Lipinski definition) is 5. The van der Waals surface area contributed by atoms with Crippen LogP contribution in [-0.4, -0.2) is 51.1 Å². The summed E-state index contributed by atoms with van der Waals surface area (Å²) in [6.07, 6.45) is 3.34. The molecule has 0 radical (unpaired) electrons. The average Bonchev–Trinajstić information content (AvgIpc) is 2.73. The molecule has 8 nitrogen and oxygen atoms in total. The minimum absolute atomic E-state index is 0. The van der Waals surface area contributed by atoms with Crippen molar-refractivity contribution in [3.8, 4) is 0 Å². The van der Waals surface area contributed by atoms with Crippen LogP contribution >= 0.6 is 0 Å². The summed E-state index contributed by atoms with van der Waals surface area (Å²) in [6.45, 7) is 5.30. The fourth-order valence-corrected chi connectivity index (χ4v) is 2.35. The van der Waals surface area contributed by atoms with E-state index in [1.165, 1.54) is 0 Å². The quantitative estimate of drug-likeness (QED) is 0.181. The number of nitrogens with zero attached hydrogens (tertiary/aromatic N) is 2. The molecule has 32 heavy (non-hydrogen) atoms. The van der Waals surface area contributed by atoms with E-state index in [9.17, 15) is 14.4 Å². The molecule has 166 valence electrons. The van der Waals surface area contributed by atoms with E-state index in [1.54, 1.807) is 13.1 Å². The van der Waals surface area contributed by atoms with Crippen molar-refractivity contribution in [1.29, 1.82) is 0 Å². The number of allylic oxidation sites excluding steroid dienone is 2. The largest absolute Gasteiger partial charge is 1.00 e. The summed E-state index contributed by atoms with van der Waals surface area (Å²) in [5, 5.41) is 13.4. The van der Waals surface area contributed by atoms with Gasteiger partial charge in [-0.1, -0.05) is 49.7 Å². The molecule has 0 aromatic heterocycles. The predicted octanol–water partition coefficient (Wildman–Crippen LogP) is -2.77. The molecule has 0 bridgehead atoms. The van der Waals surface area contributed by atoms with Crippen molar-refractivity contribution < 1.29 is 135 Å². The second kappa shape index (κ2) is 22.2. The molecule has 0 aliphatic rings. The van der Waals surface area contributed by atoms with E-state index in [2.05, 4.69) is 21.3 Å². The van der Waals surface area contributed by atoms with Crippen molar-refractivity contribution in [2.45, 2.75) is 39.7 Å². The predicted molar refractivity (Wildman–Crippen MR) is 117 cm³/mol. The van der Waals surface area contributed by atoms with E-state index in [1.807, 2.05) is 38.1 Å². The standard InChI is InChI=1S/C22H34N4O4.2Rb/c1-4-10-24-22(29)25-11-5-12-30-16-21(28)26-15-19-8-6-18(7-9-19)14-20(27)13-17(2)23-3;;/h6-9,13H,4-5,10-12,14-16H2,1-3H3,(H4,23,24,25,26,27,28,29);;/q;2*+1/p-2. The molecule has 0 spiro atoms. The number of carbonyl (C=O) groups is 3. The van der Waals surface area contributed by atoms with Crippen molar-refractivity contribution in [3.63, 3.8) is 0 Å². The smallest absolute Gasteiger partial charge is 0.648 e.